The van der Waals surface area contributed by atoms with E-state index in [9.17, 15) is 0 Å². The summed E-state index contributed by atoms with van der Waals surface area (Å²) in [6.45, 7) is 10.4. The third kappa shape index (κ3) is 2.15. The van der Waals surface area contributed by atoms with Crippen molar-refractivity contribution in [2.45, 2.75) is 40.2 Å². The molecule has 1 aromatic heterocycles. The Kier molecular flexibility index (Phi) is 4.14. The van der Waals surface area contributed by atoms with Crippen molar-refractivity contribution in [1.29, 1.82) is 0 Å². The SMILES string of the molecule is CC.CCc1cn(C2CNC2)nc1C. The first-order chi connectivity index (χ1) is 6.81. The van der Waals surface area contributed by atoms with Crippen LogP contribution in [-0.2, 0) is 6.42 Å². The van der Waals surface area contributed by atoms with Crippen LogP contribution in [0, 0.1) is 6.92 Å². The zero-order valence-electron chi connectivity index (χ0n) is 9.67. The lowest BCUT2D eigenvalue weighted by Gasteiger charge is -2.27. The second-order valence-electron chi connectivity index (χ2n) is 3.39. The van der Waals surface area contributed by atoms with E-state index < -0.39 is 0 Å². The van der Waals surface area contributed by atoms with Gasteiger partial charge in [-0.2, -0.15) is 5.10 Å². The molecule has 1 aromatic rings. The van der Waals surface area contributed by atoms with E-state index in [1.165, 1.54) is 11.3 Å². The van der Waals surface area contributed by atoms with Gasteiger partial charge in [0.1, 0.15) is 0 Å². The van der Waals surface area contributed by atoms with Gasteiger partial charge < -0.3 is 5.32 Å². The Morgan fingerprint density at radius 3 is 2.50 bits per heavy atom. The van der Waals surface area contributed by atoms with Gasteiger partial charge in [0.2, 0.25) is 0 Å². The third-order valence-corrected chi connectivity index (χ3v) is 2.53. The fraction of sp³-hybridized carbons (Fsp3) is 0.727. The van der Waals surface area contributed by atoms with Gasteiger partial charge in [0, 0.05) is 19.3 Å². The molecule has 2 rings (SSSR count). The van der Waals surface area contributed by atoms with Gasteiger partial charge >= 0.3 is 0 Å². The Labute approximate surface area is 86.5 Å². The average Bonchev–Trinajstić information content (AvgIpc) is 2.47. The van der Waals surface area contributed by atoms with Crippen molar-refractivity contribution < 1.29 is 0 Å². The van der Waals surface area contributed by atoms with Crippen LogP contribution in [0.5, 0.6) is 0 Å². The largest absolute Gasteiger partial charge is 0.312 e. The number of rotatable bonds is 2. The summed E-state index contributed by atoms with van der Waals surface area (Å²) in [5.74, 6) is 0. The molecule has 14 heavy (non-hydrogen) atoms. The zero-order valence-corrected chi connectivity index (χ0v) is 9.67. The molecule has 0 atom stereocenters. The Bertz CT molecular complexity index is 274. The van der Waals surface area contributed by atoms with Gasteiger partial charge in [-0.25, -0.2) is 0 Å². The highest BCUT2D eigenvalue weighted by atomic mass is 15.3. The highest BCUT2D eigenvalue weighted by molar-refractivity contribution is 5.15. The summed E-state index contributed by atoms with van der Waals surface area (Å²) in [6, 6.07) is 0.601. The first-order valence-corrected chi connectivity index (χ1v) is 5.56. The molecule has 1 fully saturated rings. The molecule has 1 aliphatic heterocycles. The first kappa shape index (κ1) is 11.2. The number of aryl methyl sites for hydroxylation is 2. The molecule has 0 bridgehead atoms. The molecule has 3 nitrogen and oxygen atoms in total. The second kappa shape index (κ2) is 5.15. The third-order valence-electron chi connectivity index (χ3n) is 2.53. The van der Waals surface area contributed by atoms with Gasteiger partial charge in [-0.15, -0.1) is 0 Å². The molecule has 1 N–H and O–H groups in total. The standard InChI is InChI=1S/C9H15N3.C2H6/c1-3-8-6-12(11-7(8)2)9-4-10-5-9;1-2/h6,9-10H,3-5H2,1-2H3;1-2H3. The van der Waals surface area contributed by atoms with Gasteiger partial charge in [-0.05, 0) is 18.9 Å². The minimum atomic E-state index is 0.601. The van der Waals surface area contributed by atoms with Crippen LogP contribution in [0.2, 0.25) is 0 Å². The zero-order chi connectivity index (χ0) is 10.6. The predicted molar refractivity (Wildman–Crippen MR) is 59.6 cm³/mol. The first-order valence-electron chi connectivity index (χ1n) is 5.56. The molecule has 0 amide bonds. The smallest absolute Gasteiger partial charge is 0.0767 e. The molecule has 1 aliphatic rings. The fourth-order valence-corrected chi connectivity index (χ4v) is 1.51. The van der Waals surface area contributed by atoms with E-state index in [4.69, 9.17) is 0 Å². The number of nitrogens with one attached hydrogen (secondary N) is 1. The van der Waals surface area contributed by atoms with E-state index in [1.807, 2.05) is 13.8 Å². The van der Waals surface area contributed by atoms with Crippen molar-refractivity contribution in [3.8, 4) is 0 Å². The molecule has 0 spiro atoms. The van der Waals surface area contributed by atoms with Gasteiger partial charge in [-0.1, -0.05) is 20.8 Å². The minimum absolute atomic E-state index is 0.601. The lowest BCUT2D eigenvalue weighted by atomic mass is 10.2. The molecule has 0 aliphatic carbocycles. The summed E-state index contributed by atoms with van der Waals surface area (Å²) in [5, 5.41) is 7.73. The van der Waals surface area contributed by atoms with Crippen molar-refractivity contribution in [3.63, 3.8) is 0 Å². The summed E-state index contributed by atoms with van der Waals surface area (Å²) < 4.78 is 2.10. The Hall–Kier alpha value is -0.830. The summed E-state index contributed by atoms with van der Waals surface area (Å²) in [4.78, 5) is 0. The van der Waals surface area contributed by atoms with Crippen LogP contribution in [-0.4, -0.2) is 22.9 Å². The lowest BCUT2D eigenvalue weighted by Crippen LogP contribution is -2.43. The maximum atomic E-state index is 4.48. The molecule has 3 heteroatoms. The normalized spacial score (nSPS) is 15.7. The molecule has 0 saturated carbocycles. The summed E-state index contributed by atoms with van der Waals surface area (Å²) in [6.07, 6.45) is 3.27. The highest BCUT2D eigenvalue weighted by Crippen LogP contribution is 2.14. The van der Waals surface area contributed by atoms with Crippen molar-refractivity contribution >= 4 is 0 Å². The monoisotopic (exact) mass is 195 g/mol. The van der Waals surface area contributed by atoms with Gasteiger partial charge in [0.25, 0.3) is 0 Å². The van der Waals surface area contributed by atoms with Gasteiger partial charge in [0.05, 0.1) is 11.7 Å². The molecule has 1 saturated heterocycles. The van der Waals surface area contributed by atoms with E-state index in [2.05, 4.69) is 35.1 Å². The average molecular weight is 195 g/mol. The summed E-state index contributed by atoms with van der Waals surface area (Å²) in [7, 11) is 0. The Morgan fingerprint density at radius 2 is 2.14 bits per heavy atom. The quantitative estimate of drug-likeness (QED) is 0.781. The summed E-state index contributed by atoms with van der Waals surface area (Å²) >= 11 is 0. The van der Waals surface area contributed by atoms with Crippen LogP contribution in [0.15, 0.2) is 6.20 Å². The van der Waals surface area contributed by atoms with Crippen molar-refractivity contribution in [1.82, 2.24) is 15.1 Å². The predicted octanol–water partition coefficient (Wildman–Crippen LogP) is 1.92. The molecule has 0 unspecified atom stereocenters. The molecular weight excluding hydrogens is 174 g/mol. The Morgan fingerprint density at radius 1 is 1.50 bits per heavy atom. The minimum Gasteiger partial charge on any atom is -0.312 e. The van der Waals surface area contributed by atoms with Crippen LogP contribution in [0.25, 0.3) is 0 Å². The number of aromatic nitrogens is 2. The topological polar surface area (TPSA) is 29.9 Å². The van der Waals surface area contributed by atoms with Gasteiger partial charge in [0.15, 0.2) is 0 Å². The van der Waals surface area contributed by atoms with Crippen molar-refractivity contribution in [2.24, 2.45) is 0 Å². The summed E-state index contributed by atoms with van der Waals surface area (Å²) in [5.41, 5.74) is 2.56. The van der Waals surface area contributed by atoms with E-state index in [1.54, 1.807) is 0 Å². The molecular formula is C11H21N3. The maximum Gasteiger partial charge on any atom is 0.0767 e. The molecule has 2 heterocycles. The van der Waals surface area contributed by atoms with E-state index in [0.29, 0.717) is 6.04 Å². The van der Waals surface area contributed by atoms with Crippen LogP contribution < -0.4 is 5.32 Å². The van der Waals surface area contributed by atoms with E-state index >= 15 is 0 Å². The maximum absolute atomic E-state index is 4.48. The van der Waals surface area contributed by atoms with Gasteiger partial charge in [-0.3, -0.25) is 4.68 Å². The van der Waals surface area contributed by atoms with E-state index in [-0.39, 0.29) is 0 Å². The lowest BCUT2D eigenvalue weighted by molar-refractivity contribution is 0.317. The molecule has 0 radical (unpaired) electrons. The van der Waals surface area contributed by atoms with E-state index in [0.717, 1.165) is 19.5 Å². The number of nitrogens with zero attached hydrogens (tertiary/aromatic N) is 2. The number of hydrogen-bond acceptors (Lipinski definition) is 2. The van der Waals surface area contributed by atoms with Crippen LogP contribution in [0.3, 0.4) is 0 Å². The second-order valence-corrected chi connectivity index (χ2v) is 3.39. The van der Waals surface area contributed by atoms with Crippen molar-refractivity contribution in [3.05, 3.63) is 17.5 Å². The molecule has 0 aromatic carbocycles. The number of hydrogen-bond donors (Lipinski definition) is 1. The molecule has 80 valence electrons. The van der Waals surface area contributed by atoms with Crippen LogP contribution >= 0.6 is 0 Å². The van der Waals surface area contributed by atoms with Crippen LogP contribution in [0.1, 0.15) is 38.1 Å². The highest BCUT2D eigenvalue weighted by Gasteiger charge is 2.19. The Balaban J connectivity index is 0.000000461. The fourth-order valence-electron chi connectivity index (χ4n) is 1.51. The van der Waals surface area contributed by atoms with Crippen molar-refractivity contribution in [2.75, 3.05) is 13.1 Å². The van der Waals surface area contributed by atoms with Crippen LogP contribution in [0.4, 0.5) is 0 Å².